The van der Waals surface area contributed by atoms with E-state index >= 15 is 0 Å². The van der Waals surface area contributed by atoms with Gasteiger partial charge < -0.3 is 20.4 Å². The second-order valence-electron chi connectivity index (χ2n) is 2.62. The molecule has 0 heterocycles. The standard InChI is InChI=1S/C7H13F2O2.2CH4O.Pu/c1-3-4-5-7(8,9)6(2,10)11;2*1-2;/h10-11H,2-5H2,1H3;2*2H,1H3;/q-1;;;. The van der Waals surface area contributed by atoms with Gasteiger partial charge in [-0.2, -0.15) is 0 Å². The molecule has 0 saturated carbocycles. The molecule has 0 spiro atoms. The van der Waals surface area contributed by atoms with Gasteiger partial charge in [0.1, 0.15) is 5.79 Å². The molecule has 0 aromatic carbocycles. The number of hydrogen-bond acceptors (Lipinski definition) is 4. The molecule has 0 unspecified atom stereocenters. The first-order valence-corrected chi connectivity index (χ1v) is 4.38. The van der Waals surface area contributed by atoms with Crippen molar-refractivity contribution in [3.63, 3.8) is 0 Å². The van der Waals surface area contributed by atoms with Gasteiger partial charge in [0.2, 0.25) is 0 Å². The average Bonchev–Trinajstić information content (AvgIpc) is 2.19. The quantitative estimate of drug-likeness (QED) is 0.354. The zero-order chi connectivity index (χ0) is 13.1. The van der Waals surface area contributed by atoms with Crippen LogP contribution in [0.3, 0.4) is 0 Å². The van der Waals surface area contributed by atoms with Gasteiger partial charge in [0.05, 0.1) is 0 Å². The Kier molecular flexibility index (Phi) is 21.9. The average molecular weight is 475 g/mol. The van der Waals surface area contributed by atoms with Crippen LogP contribution in [0.2, 0.25) is 0 Å². The Labute approximate surface area is 117 Å². The summed E-state index contributed by atoms with van der Waals surface area (Å²) in [5.74, 6) is -6.65. The van der Waals surface area contributed by atoms with E-state index in [1.165, 1.54) is 0 Å². The molecule has 0 bridgehead atoms. The van der Waals surface area contributed by atoms with Crippen LogP contribution in [0.15, 0.2) is 0 Å². The molecule has 0 fully saturated rings. The molecule has 0 radical (unpaired) electrons. The van der Waals surface area contributed by atoms with E-state index in [1.54, 1.807) is 6.92 Å². The van der Waals surface area contributed by atoms with Crippen LogP contribution >= 0.6 is 0 Å². The summed E-state index contributed by atoms with van der Waals surface area (Å²) in [5.41, 5.74) is 0. The summed E-state index contributed by atoms with van der Waals surface area (Å²) < 4.78 is 25.1. The number of aliphatic hydroxyl groups excluding tert-OH is 2. The summed E-state index contributed by atoms with van der Waals surface area (Å²) in [4.78, 5) is 0. The van der Waals surface area contributed by atoms with Crippen LogP contribution in [0.4, 0.5) is 8.78 Å². The van der Waals surface area contributed by atoms with Gasteiger partial charge in [-0.05, 0) is 6.42 Å². The third kappa shape index (κ3) is 12.8. The molecule has 0 aliphatic heterocycles. The maximum Gasteiger partial charge on any atom is 0.271 e. The van der Waals surface area contributed by atoms with E-state index in [4.69, 9.17) is 20.4 Å². The van der Waals surface area contributed by atoms with Gasteiger partial charge >= 0.3 is 0 Å². The number of aliphatic hydroxyl groups is 4. The second kappa shape index (κ2) is 13.8. The molecule has 7 heteroatoms. The molecule has 102 valence electrons. The summed E-state index contributed by atoms with van der Waals surface area (Å²) in [6.07, 6.45) is 0.303. The van der Waals surface area contributed by atoms with Crippen LogP contribution in [0.1, 0.15) is 26.2 Å². The fourth-order valence-corrected chi connectivity index (χ4v) is 0.599. The largest absolute Gasteiger partial charge is 0.400 e. The van der Waals surface area contributed by atoms with Crippen LogP contribution in [0.25, 0.3) is 0 Å². The van der Waals surface area contributed by atoms with E-state index in [0.717, 1.165) is 14.2 Å². The van der Waals surface area contributed by atoms with Crippen LogP contribution < -0.4 is 0 Å². The number of rotatable bonds is 4. The SMILES string of the molecule is CO.CO.[CH2-]C(O)(O)C(F)(F)CCCC.[Pu]. The van der Waals surface area contributed by atoms with Gasteiger partial charge in [-0.3, -0.25) is 6.92 Å². The molecule has 0 rings (SSSR count). The van der Waals surface area contributed by atoms with E-state index in [9.17, 15) is 8.78 Å². The Hall–Kier alpha value is 0.687. The van der Waals surface area contributed by atoms with Crippen molar-refractivity contribution in [2.45, 2.75) is 37.9 Å². The maximum atomic E-state index is 12.6. The number of halogens is 2. The molecule has 0 amide bonds. The van der Waals surface area contributed by atoms with Crippen LogP contribution in [-0.2, 0) is 0 Å². The molecular formula is C9H21F2O4Pu-. The number of alkyl halides is 2. The number of hydrogen-bond donors (Lipinski definition) is 4. The summed E-state index contributed by atoms with van der Waals surface area (Å²) in [7, 11) is 2.00. The molecule has 0 aromatic heterocycles. The Morgan fingerprint density at radius 1 is 1.06 bits per heavy atom. The Balaban J connectivity index is -0.000000129. The van der Waals surface area contributed by atoms with E-state index in [0.29, 0.717) is 6.42 Å². The van der Waals surface area contributed by atoms with Crippen molar-refractivity contribution in [1.82, 2.24) is 0 Å². The van der Waals surface area contributed by atoms with Crippen LogP contribution in [-0.4, -0.2) is 46.4 Å². The van der Waals surface area contributed by atoms with Crippen molar-refractivity contribution in [2.24, 2.45) is 0 Å². The first kappa shape index (κ1) is 25.5. The Morgan fingerprint density at radius 3 is 1.56 bits per heavy atom. The van der Waals surface area contributed by atoms with Gasteiger partial charge in [0, 0.05) is 49.8 Å². The van der Waals surface area contributed by atoms with E-state index in [2.05, 4.69) is 6.92 Å². The second-order valence-corrected chi connectivity index (χ2v) is 2.62. The number of unbranched alkanes of at least 4 members (excludes halogenated alkanes) is 1. The minimum absolute atomic E-state index is 0. The molecule has 4 N–H and O–H groups in total. The van der Waals surface area contributed by atoms with Crippen LogP contribution in [0, 0.1) is 36.1 Å². The van der Waals surface area contributed by atoms with Gasteiger partial charge in [0.25, 0.3) is 5.92 Å². The predicted octanol–water partition coefficient (Wildman–Crippen LogP) is 0.544. The molecule has 0 saturated heterocycles. The third-order valence-electron chi connectivity index (χ3n) is 1.43. The molecule has 4 nitrogen and oxygen atoms in total. The zero-order valence-electron chi connectivity index (χ0n) is 9.78. The minimum atomic E-state index is -3.51. The normalized spacial score (nSPS) is 10.1. The Bertz CT molecular complexity index is 129. The molecule has 0 atom stereocenters. The fraction of sp³-hybridized carbons (Fsp3) is 0.889. The predicted molar refractivity (Wildman–Crippen MR) is 53.3 cm³/mol. The van der Waals surface area contributed by atoms with Gasteiger partial charge in [-0.15, -0.1) is 0 Å². The molecule has 0 aromatic rings. The van der Waals surface area contributed by atoms with Gasteiger partial charge in [-0.1, -0.05) is 13.3 Å². The van der Waals surface area contributed by atoms with Crippen molar-refractivity contribution in [3.8, 4) is 0 Å². The first-order chi connectivity index (χ1) is 6.81. The van der Waals surface area contributed by atoms with Crippen molar-refractivity contribution < 1.29 is 58.4 Å². The molecule has 0 aliphatic carbocycles. The minimum Gasteiger partial charge on any atom is -0.400 e. The molecular weight excluding hydrogens is 454 g/mol. The summed E-state index contributed by atoms with van der Waals surface area (Å²) in [6.45, 7) is 4.30. The fourth-order valence-electron chi connectivity index (χ4n) is 0.599. The molecule has 16 heavy (non-hydrogen) atoms. The molecule has 0 aliphatic rings. The monoisotopic (exact) mass is 469 g/mol. The van der Waals surface area contributed by atoms with Crippen molar-refractivity contribution in [2.75, 3.05) is 14.2 Å². The van der Waals surface area contributed by atoms with E-state index in [-0.39, 0.29) is 35.6 Å². The first-order valence-electron chi connectivity index (χ1n) is 4.38. The smallest absolute Gasteiger partial charge is 0.271 e. The van der Waals surface area contributed by atoms with Gasteiger partial charge in [0.15, 0.2) is 0 Å². The summed E-state index contributed by atoms with van der Waals surface area (Å²) >= 11 is 0. The van der Waals surface area contributed by atoms with Crippen molar-refractivity contribution >= 4 is 0 Å². The topological polar surface area (TPSA) is 80.9 Å². The summed E-state index contributed by atoms with van der Waals surface area (Å²) in [5, 5.41) is 30.9. The maximum absolute atomic E-state index is 12.6. The Morgan fingerprint density at radius 2 is 1.38 bits per heavy atom. The van der Waals surface area contributed by atoms with E-state index in [1.807, 2.05) is 0 Å². The van der Waals surface area contributed by atoms with Crippen molar-refractivity contribution in [3.05, 3.63) is 6.92 Å². The van der Waals surface area contributed by atoms with Gasteiger partial charge in [-0.25, -0.2) is 8.78 Å². The summed E-state index contributed by atoms with van der Waals surface area (Å²) in [6, 6.07) is 0. The van der Waals surface area contributed by atoms with E-state index < -0.39 is 18.1 Å². The zero-order valence-corrected chi connectivity index (χ0v) is 13.2. The van der Waals surface area contributed by atoms with Crippen LogP contribution in [0.5, 0.6) is 0 Å². The van der Waals surface area contributed by atoms with Crippen molar-refractivity contribution in [1.29, 1.82) is 0 Å². The third-order valence-corrected chi connectivity index (χ3v) is 1.43.